The van der Waals surface area contributed by atoms with Gasteiger partial charge in [-0.3, -0.25) is 0 Å². The fourth-order valence-corrected chi connectivity index (χ4v) is 2.42. The summed E-state index contributed by atoms with van der Waals surface area (Å²) in [6.45, 7) is 3.31. The first-order chi connectivity index (χ1) is 10.1. The molecule has 0 spiro atoms. The molecule has 1 aliphatic heterocycles. The summed E-state index contributed by atoms with van der Waals surface area (Å²) < 4.78 is 5.36. The Morgan fingerprint density at radius 2 is 2.24 bits per heavy atom. The molecule has 0 saturated carbocycles. The summed E-state index contributed by atoms with van der Waals surface area (Å²) in [5.41, 5.74) is 1.54. The molecule has 0 bridgehead atoms. The minimum absolute atomic E-state index is 0.173. The fraction of sp³-hybridized carbons (Fsp3) is 0.333. The number of hydrogen-bond acceptors (Lipinski definition) is 5. The molecule has 21 heavy (non-hydrogen) atoms. The third-order valence-corrected chi connectivity index (χ3v) is 3.83. The number of halogens is 1. The van der Waals surface area contributed by atoms with E-state index < -0.39 is 0 Å². The molecule has 2 aromatic rings. The minimum Gasteiger partial charge on any atom is -0.508 e. The standard InChI is InChI=1S/C15H16ClN3O2/c1-9-13(16)18-15(10-3-2-4-12(20)7-10)19-14(9)17-11-5-6-21-8-11/h2-4,7,11,20H,5-6,8H2,1H3,(H,17,18,19)/t11-/m1/s1. The van der Waals surface area contributed by atoms with Gasteiger partial charge in [0, 0.05) is 17.7 Å². The normalized spacial score (nSPS) is 17.9. The van der Waals surface area contributed by atoms with Crippen molar-refractivity contribution in [3.63, 3.8) is 0 Å². The van der Waals surface area contributed by atoms with Crippen molar-refractivity contribution in [3.05, 3.63) is 35.0 Å². The molecule has 0 aliphatic carbocycles. The molecule has 0 radical (unpaired) electrons. The number of nitrogens with zero attached hydrogens (tertiary/aromatic N) is 2. The minimum atomic E-state index is 0.173. The predicted octanol–water partition coefficient (Wildman–Crippen LogP) is 3.01. The molecule has 6 heteroatoms. The van der Waals surface area contributed by atoms with Crippen LogP contribution in [0.25, 0.3) is 11.4 Å². The lowest BCUT2D eigenvalue weighted by atomic mass is 10.2. The third-order valence-electron chi connectivity index (χ3n) is 3.46. The Hall–Kier alpha value is -1.85. The molecule has 3 rings (SSSR count). The Bertz CT molecular complexity index is 657. The summed E-state index contributed by atoms with van der Waals surface area (Å²) in [4.78, 5) is 8.83. The van der Waals surface area contributed by atoms with Crippen LogP contribution in [0, 0.1) is 6.92 Å². The zero-order valence-corrected chi connectivity index (χ0v) is 12.4. The number of phenolic OH excluding ortho intramolecular Hbond substituents is 1. The number of hydrogen-bond donors (Lipinski definition) is 2. The molecule has 110 valence electrons. The van der Waals surface area contributed by atoms with Crippen LogP contribution in [0.4, 0.5) is 5.82 Å². The van der Waals surface area contributed by atoms with Gasteiger partial charge in [0.25, 0.3) is 0 Å². The highest BCUT2D eigenvalue weighted by Crippen LogP contribution is 2.27. The van der Waals surface area contributed by atoms with Crippen LogP contribution in [0.1, 0.15) is 12.0 Å². The molecule has 5 nitrogen and oxygen atoms in total. The van der Waals surface area contributed by atoms with E-state index in [0.717, 1.165) is 24.2 Å². The number of rotatable bonds is 3. The number of ether oxygens (including phenoxy) is 1. The summed E-state index contributed by atoms with van der Waals surface area (Å²) in [6.07, 6.45) is 0.947. The Labute approximate surface area is 128 Å². The van der Waals surface area contributed by atoms with Crippen LogP contribution in [0.3, 0.4) is 0 Å². The second kappa shape index (κ2) is 5.87. The highest BCUT2D eigenvalue weighted by molar-refractivity contribution is 6.30. The van der Waals surface area contributed by atoms with Gasteiger partial charge in [-0.15, -0.1) is 0 Å². The lowest BCUT2D eigenvalue weighted by Gasteiger charge is -2.15. The number of aromatic hydroxyl groups is 1. The molecule has 0 amide bonds. The summed E-state index contributed by atoms with van der Waals surface area (Å²) in [5, 5.41) is 13.3. The third kappa shape index (κ3) is 3.09. The lowest BCUT2D eigenvalue weighted by molar-refractivity contribution is 0.195. The Morgan fingerprint density at radius 3 is 2.95 bits per heavy atom. The monoisotopic (exact) mass is 305 g/mol. The maximum atomic E-state index is 9.58. The predicted molar refractivity (Wildman–Crippen MR) is 81.7 cm³/mol. The largest absolute Gasteiger partial charge is 0.508 e. The van der Waals surface area contributed by atoms with Gasteiger partial charge in [0.15, 0.2) is 5.82 Å². The van der Waals surface area contributed by atoms with Gasteiger partial charge in [-0.1, -0.05) is 23.7 Å². The van der Waals surface area contributed by atoms with E-state index in [0.29, 0.717) is 23.4 Å². The van der Waals surface area contributed by atoms with Crippen molar-refractivity contribution in [1.82, 2.24) is 9.97 Å². The summed E-state index contributed by atoms with van der Waals surface area (Å²) in [5.74, 6) is 1.37. The SMILES string of the molecule is Cc1c(Cl)nc(-c2cccc(O)c2)nc1N[C@@H]1CCOC1. The molecule has 1 atom stereocenters. The van der Waals surface area contributed by atoms with Crippen LogP contribution >= 0.6 is 11.6 Å². The zero-order chi connectivity index (χ0) is 14.8. The van der Waals surface area contributed by atoms with E-state index in [-0.39, 0.29) is 11.8 Å². The second-order valence-corrected chi connectivity index (χ2v) is 5.42. The summed E-state index contributed by atoms with van der Waals surface area (Å²) in [7, 11) is 0. The van der Waals surface area contributed by atoms with Gasteiger partial charge in [0.2, 0.25) is 0 Å². The Morgan fingerprint density at radius 1 is 1.38 bits per heavy atom. The number of nitrogens with one attached hydrogen (secondary N) is 1. The molecule has 1 saturated heterocycles. The molecular weight excluding hydrogens is 290 g/mol. The van der Waals surface area contributed by atoms with Crippen molar-refractivity contribution >= 4 is 17.4 Å². The Kier molecular flexibility index (Phi) is 3.94. The second-order valence-electron chi connectivity index (χ2n) is 5.07. The highest BCUT2D eigenvalue weighted by atomic mass is 35.5. The quantitative estimate of drug-likeness (QED) is 0.853. The first kappa shape index (κ1) is 14.1. The van der Waals surface area contributed by atoms with Crippen LogP contribution in [-0.4, -0.2) is 34.3 Å². The van der Waals surface area contributed by atoms with Crippen molar-refractivity contribution in [2.75, 3.05) is 18.5 Å². The van der Waals surface area contributed by atoms with Gasteiger partial charge in [-0.05, 0) is 25.5 Å². The highest BCUT2D eigenvalue weighted by Gasteiger charge is 2.18. The van der Waals surface area contributed by atoms with E-state index in [1.165, 1.54) is 0 Å². The van der Waals surface area contributed by atoms with Crippen molar-refractivity contribution in [2.45, 2.75) is 19.4 Å². The molecule has 1 aromatic heterocycles. The average Bonchev–Trinajstić information content (AvgIpc) is 2.96. The molecule has 1 aliphatic rings. The molecule has 1 aromatic carbocycles. The molecule has 0 unspecified atom stereocenters. The van der Waals surface area contributed by atoms with E-state index in [1.807, 2.05) is 13.0 Å². The molecule has 2 heterocycles. The number of benzene rings is 1. The molecule has 2 N–H and O–H groups in total. The first-order valence-electron chi connectivity index (χ1n) is 6.81. The van der Waals surface area contributed by atoms with E-state index in [9.17, 15) is 5.11 Å². The van der Waals surface area contributed by atoms with Gasteiger partial charge in [0.05, 0.1) is 12.6 Å². The van der Waals surface area contributed by atoms with Crippen molar-refractivity contribution in [3.8, 4) is 17.1 Å². The van der Waals surface area contributed by atoms with E-state index >= 15 is 0 Å². The van der Waals surface area contributed by atoms with E-state index in [2.05, 4.69) is 15.3 Å². The molecular formula is C15H16ClN3O2. The summed E-state index contributed by atoms with van der Waals surface area (Å²) in [6, 6.07) is 7.05. The van der Waals surface area contributed by atoms with Crippen molar-refractivity contribution < 1.29 is 9.84 Å². The summed E-state index contributed by atoms with van der Waals surface area (Å²) >= 11 is 6.21. The van der Waals surface area contributed by atoms with E-state index in [4.69, 9.17) is 16.3 Å². The fourth-order valence-electron chi connectivity index (χ4n) is 2.25. The van der Waals surface area contributed by atoms with Gasteiger partial charge in [0.1, 0.15) is 16.7 Å². The maximum absolute atomic E-state index is 9.58. The molecule has 1 fully saturated rings. The zero-order valence-electron chi connectivity index (χ0n) is 11.6. The Balaban J connectivity index is 1.96. The van der Waals surface area contributed by atoms with Gasteiger partial charge >= 0.3 is 0 Å². The van der Waals surface area contributed by atoms with Gasteiger partial charge in [-0.25, -0.2) is 9.97 Å². The van der Waals surface area contributed by atoms with Crippen LogP contribution < -0.4 is 5.32 Å². The maximum Gasteiger partial charge on any atom is 0.163 e. The number of phenols is 1. The van der Waals surface area contributed by atoms with Crippen molar-refractivity contribution in [2.24, 2.45) is 0 Å². The number of anilines is 1. The van der Waals surface area contributed by atoms with Crippen molar-refractivity contribution in [1.29, 1.82) is 0 Å². The smallest absolute Gasteiger partial charge is 0.163 e. The van der Waals surface area contributed by atoms with Crippen LogP contribution in [0.15, 0.2) is 24.3 Å². The first-order valence-corrected chi connectivity index (χ1v) is 7.19. The van der Waals surface area contributed by atoms with Crippen LogP contribution in [0.2, 0.25) is 5.15 Å². The van der Waals surface area contributed by atoms with E-state index in [1.54, 1.807) is 18.2 Å². The lowest BCUT2D eigenvalue weighted by Crippen LogP contribution is -2.21. The number of aromatic nitrogens is 2. The van der Waals surface area contributed by atoms with Crippen LogP contribution in [-0.2, 0) is 4.74 Å². The van der Waals surface area contributed by atoms with Gasteiger partial charge < -0.3 is 15.2 Å². The van der Waals surface area contributed by atoms with Gasteiger partial charge in [-0.2, -0.15) is 0 Å². The van der Waals surface area contributed by atoms with Crippen LogP contribution in [0.5, 0.6) is 5.75 Å². The average molecular weight is 306 g/mol. The topological polar surface area (TPSA) is 67.3 Å².